The summed E-state index contributed by atoms with van der Waals surface area (Å²) in [6.45, 7) is 9.53. The molecule has 0 rings (SSSR count). The summed E-state index contributed by atoms with van der Waals surface area (Å²) in [5.41, 5.74) is 0. The Bertz CT molecular complexity index is 175. The standard InChI is InChI=1S/C13H27NO/c1-11(2)13(15)9-7-6-8-10-14(5)12(3)4/h11-12H,6-10H2,1-5H3. The summed E-state index contributed by atoms with van der Waals surface area (Å²) < 4.78 is 0. The maximum atomic E-state index is 11.3. The van der Waals surface area contributed by atoms with Crippen LogP contribution in [0.15, 0.2) is 0 Å². The van der Waals surface area contributed by atoms with Crippen molar-refractivity contribution < 1.29 is 4.79 Å². The molecule has 0 amide bonds. The molecule has 0 unspecified atom stereocenters. The van der Waals surface area contributed by atoms with E-state index in [1.807, 2.05) is 13.8 Å². The van der Waals surface area contributed by atoms with Crippen LogP contribution in [0.3, 0.4) is 0 Å². The molecular formula is C13H27NO. The third-order valence-electron chi connectivity index (χ3n) is 2.96. The molecule has 90 valence electrons. The van der Waals surface area contributed by atoms with Gasteiger partial charge in [-0.25, -0.2) is 0 Å². The fraction of sp³-hybridized carbons (Fsp3) is 0.923. The van der Waals surface area contributed by atoms with Crippen molar-refractivity contribution in [2.45, 2.75) is 59.4 Å². The van der Waals surface area contributed by atoms with Gasteiger partial charge >= 0.3 is 0 Å². The average Bonchev–Trinajstić information content (AvgIpc) is 2.16. The van der Waals surface area contributed by atoms with E-state index in [1.54, 1.807) is 0 Å². The van der Waals surface area contributed by atoms with E-state index in [0.29, 0.717) is 11.8 Å². The summed E-state index contributed by atoms with van der Waals surface area (Å²) in [5.74, 6) is 0.621. The Morgan fingerprint density at radius 1 is 1.07 bits per heavy atom. The summed E-state index contributed by atoms with van der Waals surface area (Å²) in [4.78, 5) is 13.7. The van der Waals surface area contributed by atoms with Crippen LogP contribution in [0.2, 0.25) is 0 Å². The van der Waals surface area contributed by atoms with E-state index in [1.165, 1.54) is 12.8 Å². The first-order chi connectivity index (χ1) is 6.95. The SMILES string of the molecule is CC(C)C(=O)CCCCCN(C)C(C)C. The minimum atomic E-state index is 0.211. The van der Waals surface area contributed by atoms with Gasteiger partial charge in [0.05, 0.1) is 0 Å². The lowest BCUT2D eigenvalue weighted by atomic mass is 10.0. The third-order valence-corrected chi connectivity index (χ3v) is 2.96. The predicted molar refractivity (Wildman–Crippen MR) is 66.1 cm³/mol. The lowest BCUT2D eigenvalue weighted by Crippen LogP contribution is -2.27. The number of rotatable bonds is 8. The third kappa shape index (κ3) is 7.55. The van der Waals surface area contributed by atoms with Crippen molar-refractivity contribution in [3.63, 3.8) is 0 Å². The number of hydrogen-bond donors (Lipinski definition) is 0. The molecule has 0 bridgehead atoms. The van der Waals surface area contributed by atoms with Crippen LogP contribution in [0.25, 0.3) is 0 Å². The molecule has 15 heavy (non-hydrogen) atoms. The van der Waals surface area contributed by atoms with Crippen molar-refractivity contribution in [2.75, 3.05) is 13.6 Å². The van der Waals surface area contributed by atoms with Crippen molar-refractivity contribution in [2.24, 2.45) is 5.92 Å². The highest BCUT2D eigenvalue weighted by atomic mass is 16.1. The number of nitrogens with zero attached hydrogens (tertiary/aromatic N) is 1. The van der Waals surface area contributed by atoms with Gasteiger partial charge in [-0.1, -0.05) is 20.3 Å². The second kappa shape index (κ2) is 7.86. The Hall–Kier alpha value is -0.370. The molecule has 0 aromatic rings. The maximum Gasteiger partial charge on any atom is 0.135 e. The maximum absolute atomic E-state index is 11.3. The minimum Gasteiger partial charge on any atom is -0.304 e. The lowest BCUT2D eigenvalue weighted by Gasteiger charge is -2.20. The first-order valence-corrected chi connectivity index (χ1v) is 6.18. The molecule has 0 aliphatic carbocycles. The van der Waals surface area contributed by atoms with Gasteiger partial charge in [0, 0.05) is 18.4 Å². The summed E-state index contributed by atoms with van der Waals surface area (Å²) in [6, 6.07) is 0.627. The highest BCUT2D eigenvalue weighted by molar-refractivity contribution is 5.80. The van der Waals surface area contributed by atoms with Crippen LogP contribution in [-0.2, 0) is 4.79 Å². The molecule has 2 heteroatoms. The van der Waals surface area contributed by atoms with Gasteiger partial charge < -0.3 is 4.90 Å². The van der Waals surface area contributed by atoms with Gasteiger partial charge in [0.25, 0.3) is 0 Å². The normalized spacial score (nSPS) is 11.7. The van der Waals surface area contributed by atoms with E-state index < -0.39 is 0 Å². The van der Waals surface area contributed by atoms with Crippen LogP contribution in [0, 0.1) is 5.92 Å². The van der Waals surface area contributed by atoms with Crippen molar-refractivity contribution >= 4 is 5.78 Å². The smallest absolute Gasteiger partial charge is 0.135 e. The number of unbranched alkanes of at least 4 members (excludes halogenated alkanes) is 2. The van der Waals surface area contributed by atoms with Crippen LogP contribution in [0.4, 0.5) is 0 Å². The molecule has 0 saturated carbocycles. The Balaban J connectivity index is 3.36. The van der Waals surface area contributed by atoms with Crippen LogP contribution >= 0.6 is 0 Å². The second-order valence-electron chi connectivity index (χ2n) is 5.01. The number of carbonyl (C=O) groups excluding carboxylic acids is 1. The number of Topliss-reactive ketones (excluding diaryl/α,β-unsaturated/α-hetero) is 1. The molecule has 0 spiro atoms. The van der Waals surface area contributed by atoms with E-state index in [4.69, 9.17) is 0 Å². The zero-order chi connectivity index (χ0) is 11.8. The summed E-state index contributed by atoms with van der Waals surface area (Å²) in [7, 11) is 2.16. The zero-order valence-electron chi connectivity index (χ0n) is 11.0. The van der Waals surface area contributed by atoms with Crippen LogP contribution < -0.4 is 0 Å². The molecule has 0 atom stereocenters. The van der Waals surface area contributed by atoms with Crippen LogP contribution in [-0.4, -0.2) is 30.3 Å². The molecule has 0 aromatic heterocycles. The van der Waals surface area contributed by atoms with Gasteiger partial charge in [0.15, 0.2) is 0 Å². The van der Waals surface area contributed by atoms with Gasteiger partial charge in [-0.05, 0) is 40.3 Å². The monoisotopic (exact) mass is 213 g/mol. The Morgan fingerprint density at radius 2 is 1.67 bits per heavy atom. The van der Waals surface area contributed by atoms with E-state index in [0.717, 1.165) is 19.4 Å². The molecule has 0 fully saturated rings. The van der Waals surface area contributed by atoms with E-state index in [9.17, 15) is 4.79 Å². The molecule has 0 heterocycles. The molecule has 2 nitrogen and oxygen atoms in total. The quantitative estimate of drug-likeness (QED) is 0.577. The first kappa shape index (κ1) is 14.6. The molecule has 0 saturated heterocycles. The highest BCUT2D eigenvalue weighted by Crippen LogP contribution is 2.07. The molecule has 0 aliphatic heterocycles. The van der Waals surface area contributed by atoms with Crippen LogP contribution in [0.1, 0.15) is 53.4 Å². The van der Waals surface area contributed by atoms with Crippen LogP contribution in [0.5, 0.6) is 0 Å². The highest BCUT2D eigenvalue weighted by Gasteiger charge is 2.06. The van der Waals surface area contributed by atoms with Crippen molar-refractivity contribution in [3.8, 4) is 0 Å². The number of carbonyl (C=O) groups is 1. The lowest BCUT2D eigenvalue weighted by molar-refractivity contribution is -0.122. The molecule has 0 N–H and O–H groups in total. The van der Waals surface area contributed by atoms with Gasteiger partial charge in [0.1, 0.15) is 5.78 Å². The van der Waals surface area contributed by atoms with Crippen molar-refractivity contribution in [1.82, 2.24) is 4.90 Å². The van der Waals surface area contributed by atoms with E-state index >= 15 is 0 Å². The second-order valence-corrected chi connectivity index (χ2v) is 5.01. The van der Waals surface area contributed by atoms with E-state index in [-0.39, 0.29) is 5.92 Å². The Morgan fingerprint density at radius 3 is 2.13 bits per heavy atom. The summed E-state index contributed by atoms with van der Waals surface area (Å²) >= 11 is 0. The topological polar surface area (TPSA) is 20.3 Å². The Labute approximate surface area is 95.0 Å². The fourth-order valence-corrected chi connectivity index (χ4v) is 1.38. The fourth-order valence-electron chi connectivity index (χ4n) is 1.38. The largest absolute Gasteiger partial charge is 0.304 e. The summed E-state index contributed by atoms with van der Waals surface area (Å²) in [5, 5.41) is 0. The van der Waals surface area contributed by atoms with Gasteiger partial charge in [-0.3, -0.25) is 4.79 Å². The average molecular weight is 213 g/mol. The zero-order valence-corrected chi connectivity index (χ0v) is 11.0. The molecule has 0 aliphatic rings. The van der Waals surface area contributed by atoms with Gasteiger partial charge in [-0.15, -0.1) is 0 Å². The minimum absolute atomic E-state index is 0.211. The first-order valence-electron chi connectivity index (χ1n) is 6.18. The van der Waals surface area contributed by atoms with Gasteiger partial charge in [0.2, 0.25) is 0 Å². The number of ketones is 1. The van der Waals surface area contributed by atoms with Crippen molar-refractivity contribution in [1.29, 1.82) is 0 Å². The van der Waals surface area contributed by atoms with E-state index in [2.05, 4.69) is 25.8 Å². The molecular weight excluding hydrogens is 186 g/mol. The van der Waals surface area contributed by atoms with Crippen molar-refractivity contribution in [3.05, 3.63) is 0 Å². The molecule has 0 aromatic carbocycles. The summed E-state index contributed by atoms with van der Waals surface area (Å²) in [6.07, 6.45) is 4.21. The Kier molecular flexibility index (Phi) is 7.67. The molecule has 0 radical (unpaired) electrons. The predicted octanol–water partition coefficient (Wildman–Crippen LogP) is 3.11. The van der Waals surface area contributed by atoms with Gasteiger partial charge in [-0.2, -0.15) is 0 Å². The number of hydrogen-bond acceptors (Lipinski definition) is 2.